The number of nitrogens with two attached hydrogens (primary N) is 2. The molecule has 3 aromatic carbocycles. The van der Waals surface area contributed by atoms with Crippen molar-refractivity contribution in [3.8, 4) is 5.75 Å². The number of aryl methyl sites for hydroxylation is 1. The monoisotopic (exact) mass is 516 g/mol. The Morgan fingerprint density at radius 3 is 2.63 bits per heavy atom. The highest BCUT2D eigenvalue weighted by atomic mass is 16.5. The molecule has 0 spiro atoms. The van der Waals surface area contributed by atoms with Crippen molar-refractivity contribution in [2.24, 2.45) is 5.84 Å². The van der Waals surface area contributed by atoms with Gasteiger partial charge in [0.25, 0.3) is 0 Å². The Kier molecular flexibility index (Phi) is 8.59. The number of rotatable bonds is 9. The smallest absolute Gasteiger partial charge is 0.304 e. The maximum absolute atomic E-state index is 12.0. The molecule has 0 saturated carbocycles. The van der Waals surface area contributed by atoms with Gasteiger partial charge in [-0.25, -0.2) is 5.84 Å². The van der Waals surface area contributed by atoms with Crippen LogP contribution in [0, 0.1) is 13.8 Å². The second kappa shape index (κ2) is 11.9. The van der Waals surface area contributed by atoms with Crippen LogP contribution in [0.5, 0.6) is 5.75 Å². The number of nitrogen functional groups attached to an aromatic ring is 1. The minimum absolute atomic E-state index is 0.0227. The van der Waals surface area contributed by atoms with E-state index < -0.39 is 5.97 Å². The van der Waals surface area contributed by atoms with Crippen molar-refractivity contribution in [1.82, 2.24) is 4.90 Å². The van der Waals surface area contributed by atoms with Crippen LogP contribution in [0.3, 0.4) is 0 Å². The Morgan fingerprint density at radius 1 is 1.16 bits per heavy atom. The summed E-state index contributed by atoms with van der Waals surface area (Å²) in [6.07, 6.45) is 1.03. The lowest BCUT2D eigenvalue weighted by Gasteiger charge is -2.26. The van der Waals surface area contributed by atoms with Gasteiger partial charge in [0.05, 0.1) is 17.8 Å². The van der Waals surface area contributed by atoms with Crippen LogP contribution in [0.2, 0.25) is 0 Å². The minimum atomic E-state index is -0.847. The molecule has 1 aliphatic heterocycles. The molecule has 0 radical (unpaired) electrons. The summed E-state index contributed by atoms with van der Waals surface area (Å²) >= 11 is 0. The highest BCUT2D eigenvalue weighted by Gasteiger charge is 2.25. The first-order chi connectivity index (χ1) is 18.2. The van der Waals surface area contributed by atoms with Crippen molar-refractivity contribution >= 4 is 17.3 Å². The van der Waals surface area contributed by atoms with E-state index in [9.17, 15) is 9.90 Å². The molecule has 0 amide bonds. The molecule has 0 bridgehead atoms. The van der Waals surface area contributed by atoms with Crippen LogP contribution in [0.25, 0.3) is 0 Å². The molecule has 202 valence electrons. The van der Waals surface area contributed by atoms with Gasteiger partial charge in [0, 0.05) is 37.7 Å². The zero-order valence-corrected chi connectivity index (χ0v) is 22.9. The highest BCUT2D eigenvalue weighted by Crippen LogP contribution is 2.37. The lowest BCUT2D eigenvalue weighted by atomic mass is 9.84. The van der Waals surface area contributed by atoms with E-state index in [4.69, 9.17) is 16.3 Å². The molecular weight excluding hydrogens is 476 g/mol. The number of benzene rings is 3. The predicted octanol–water partition coefficient (Wildman–Crippen LogP) is 5.37. The summed E-state index contributed by atoms with van der Waals surface area (Å²) in [5, 5.41) is 11.4. The number of hydrazine groups is 1. The second-order valence-electron chi connectivity index (χ2n) is 10.3. The van der Waals surface area contributed by atoms with Gasteiger partial charge in [-0.3, -0.25) is 9.69 Å². The Labute approximate surface area is 226 Å². The first-order valence-electron chi connectivity index (χ1n) is 13.4. The number of nitrogens with zero attached hydrogens (tertiary/aromatic N) is 2. The maximum Gasteiger partial charge on any atom is 0.304 e. The molecule has 2 unspecified atom stereocenters. The molecule has 1 aliphatic rings. The summed E-state index contributed by atoms with van der Waals surface area (Å²) in [7, 11) is 0. The number of hydrogen-bond donors (Lipinski definition) is 3. The third-order valence-electron chi connectivity index (χ3n) is 7.68. The van der Waals surface area contributed by atoms with E-state index in [-0.39, 0.29) is 18.4 Å². The van der Waals surface area contributed by atoms with E-state index in [1.165, 1.54) is 16.7 Å². The van der Waals surface area contributed by atoms with Gasteiger partial charge >= 0.3 is 5.97 Å². The third kappa shape index (κ3) is 5.95. The van der Waals surface area contributed by atoms with Crippen molar-refractivity contribution in [2.45, 2.75) is 65.6 Å². The normalized spacial score (nSPS) is 16.3. The van der Waals surface area contributed by atoms with Crippen LogP contribution >= 0.6 is 0 Å². The second-order valence-corrected chi connectivity index (χ2v) is 10.3. The SMILES string of the molecule is CCC1CN(Cc2cc(C(CC(=O)O)c3ccc(N(N)CC)c(N)c3C)ccc2C)Cc2ccccc2O1. The van der Waals surface area contributed by atoms with E-state index >= 15 is 0 Å². The third-order valence-corrected chi connectivity index (χ3v) is 7.68. The largest absolute Gasteiger partial charge is 0.489 e. The molecule has 0 fully saturated rings. The van der Waals surface area contributed by atoms with Crippen LogP contribution in [-0.4, -0.2) is 35.2 Å². The Morgan fingerprint density at radius 2 is 1.92 bits per heavy atom. The number of hydrogen-bond acceptors (Lipinski definition) is 6. The van der Waals surface area contributed by atoms with Crippen LogP contribution in [0.15, 0.2) is 54.6 Å². The molecule has 4 rings (SSSR count). The molecule has 7 nitrogen and oxygen atoms in total. The number of fused-ring (bicyclic) bond motifs is 1. The first kappa shape index (κ1) is 27.5. The van der Waals surface area contributed by atoms with Crippen molar-refractivity contribution in [3.63, 3.8) is 0 Å². The fraction of sp³-hybridized carbons (Fsp3) is 0.387. The molecule has 0 saturated heterocycles. The lowest BCUT2D eigenvalue weighted by molar-refractivity contribution is -0.137. The minimum Gasteiger partial charge on any atom is -0.489 e. The topological polar surface area (TPSA) is 105 Å². The summed E-state index contributed by atoms with van der Waals surface area (Å²) < 4.78 is 6.30. The molecule has 38 heavy (non-hydrogen) atoms. The van der Waals surface area contributed by atoms with Crippen molar-refractivity contribution < 1.29 is 14.6 Å². The van der Waals surface area contributed by atoms with E-state index in [2.05, 4.69) is 43.0 Å². The van der Waals surface area contributed by atoms with Crippen LogP contribution < -0.4 is 21.3 Å². The standard InChI is InChI=1S/C31H40N4O3/c1-5-25-19-34(17-23-9-7-8-10-29(23)38-25)18-24-15-22(12-11-20(24)3)27(16-30(36)37)26-13-14-28(35(33)6-2)31(32)21(26)4/h7-15,25,27H,5-6,16-19,32-33H2,1-4H3,(H,36,37). The molecule has 5 N–H and O–H groups in total. The predicted molar refractivity (Wildman–Crippen MR) is 153 cm³/mol. The maximum atomic E-state index is 12.0. The van der Waals surface area contributed by atoms with E-state index in [1.807, 2.05) is 44.2 Å². The average Bonchev–Trinajstić information content (AvgIpc) is 3.08. The molecule has 3 aromatic rings. The van der Waals surface area contributed by atoms with Crippen molar-refractivity contribution in [1.29, 1.82) is 0 Å². The first-order valence-corrected chi connectivity index (χ1v) is 13.4. The molecule has 2 atom stereocenters. The number of carboxylic acid groups (broad SMARTS) is 1. The average molecular weight is 517 g/mol. The Balaban J connectivity index is 1.68. The molecule has 7 heteroatoms. The number of para-hydroxylation sites is 1. The van der Waals surface area contributed by atoms with Gasteiger partial charge in [-0.1, -0.05) is 49.4 Å². The van der Waals surface area contributed by atoms with Gasteiger partial charge in [0.2, 0.25) is 0 Å². The summed E-state index contributed by atoms with van der Waals surface area (Å²) in [5.74, 6) is 5.90. The quantitative estimate of drug-likeness (QED) is 0.200. The van der Waals surface area contributed by atoms with Crippen LogP contribution in [0.1, 0.15) is 66.0 Å². The lowest BCUT2D eigenvalue weighted by Crippen LogP contribution is -2.32. The van der Waals surface area contributed by atoms with Crippen LogP contribution in [0.4, 0.5) is 11.4 Å². The number of ether oxygens (including phenoxy) is 1. The van der Waals surface area contributed by atoms with Gasteiger partial charge in [-0.2, -0.15) is 0 Å². The Bertz CT molecular complexity index is 1290. The van der Waals surface area contributed by atoms with Gasteiger partial charge in [0.1, 0.15) is 11.9 Å². The fourth-order valence-electron chi connectivity index (χ4n) is 5.32. The number of aliphatic carboxylic acids is 1. The van der Waals surface area contributed by atoms with Crippen molar-refractivity contribution in [2.75, 3.05) is 23.8 Å². The Hall–Kier alpha value is -3.55. The molecule has 1 heterocycles. The van der Waals surface area contributed by atoms with E-state index in [0.29, 0.717) is 12.2 Å². The molecular formula is C31H40N4O3. The molecule has 0 aliphatic carbocycles. The summed E-state index contributed by atoms with van der Waals surface area (Å²) in [5.41, 5.74) is 14.1. The zero-order valence-electron chi connectivity index (χ0n) is 22.9. The number of anilines is 2. The summed E-state index contributed by atoms with van der Waals surface area (Å²) in [4.78, 5) is 14.4. The van der Waals surface area contributed by atoms with Crippen molar-refractivity contribution in [3.05, 3.63) is 88.0 Å². The van der Waals surface area contributed by atoms with Crippen LogP contribution in [-0.2, 0) is 17.9 Å². The summed E-state index contributed by atoms with van der Waals surface area (Å²) in [6.45, 7) is 11.2. The van der Waals surface area contributed by atoms with Gasteiger partial charge in [-0.15, -0.1) is 0 Å². The van der Waals surface area contributed by atoms with Gasteiger partial charge < -0.3 is 20.6 Å². The number of carbonyl (C=O) groups is 1. The highest BCUT2D eigenvalue weighted by molar-refractivity contribution is 5.74. The van der Waals surface area contributed by atoms with Gasteiger partial charge in [0.15, 0.2) is 0 Å². The molecule has 0 aromatic heterocycles. The number of carboxylic acids is 1. The zero-order chi connectivity index (χ0) is 27.4. The van der Waals surface area contributed by atoms with E-state index in [1.54, 1.807) is 5.01 Å². The fourth-order valence-corrected chi connectivity index (χ4v) is 5.32. The van der Waals surface area contributed by atoms with Gasteiger partial charge in [-0.05, 0) is 67.1 Å². The summed E-state index contributed by atoms with van der Waals surface area (Å²) in [6, 6.07) is 18.4. The van der Waals surface area contributed by atoms with E-state index in [0.717, 1.165) is 54.2 Å².